The molecule has 3 rings (SSSR count). The number of carbonyl (C=O) groups excluding carboxylic acids is 1. The van der Waals surface area contributed by atoms with Crippen LogP contribution in [0.4, 0.5) is 4.39 Å². The van der Waals surface area contributed by atoms with Crippen molar-refractivity contribution < 1.29 is 9.18 Å². The Balaban J connectivity index is 1.80. The molecule has 0 spiro atoms. The van der Waals surface area contributed by atoms with Gasteiger partial charge >= 0.3 is 0 Å². The molecule has 0 saturated heterocycles. The van der Waals surface area contributed by atoms with Gasteiger partial charge in [0.25, 0.3) is 0 Å². The van der Waals surface area contributed by atoms with Gasteiger partial charge in [-0.2, -0.15) is 0 Å². The smallest absolute Gasteiger partial charge is 0.233 e. The first-order valence-corrected chi connectivity index (χ1v) is 11.7. The quantitative estimate of drug-likeness (QED) is 0.415. The number of amides is 1. The van der Waals surface area contributed by atoms with Crippen LogP contribution in [0.15, 0.2) is 53.7 Å². The second-order valence-corrected chi connectivity index (χ2v) is 9.00. The number of rotatable bonds is 9. The molecule has 6 nitrogen and oxygen atoms in total. The predicted molar refractivity (Wildman–Crippen MR) is 127 cm³/mol. The van der Waals surface area contributed by atoms with Crippen molar-refractivity contribution in [2.24, 2.45) is 0 Å². The maximum Gasteiger partial charge on any atom is 0.233 e. The summed E-state index contributed by atoms with van der Waals surface area (Å²) in [6, 6.07) is 13.8. The molecule has 2 aromatic carbocycles. The Labute approximate surface area is 197 Å². The molecular weight excluding hydrogens is 449 g/mol. The Bertz CT molecular complexity index is 1060. The summed E-state index contributed by atoms with van der Waals surface area (Å²) in [6.07, 6.45) is 0. The Morgan fingerprint density at radius 1 is 1.19 bits per heavy atom. The lowest BCUT2D eigenvalue weighted by atomic mass is 10.2. The van der Waals surface area contributed by atoms with E-state index >= 15 is 0 Å². The van der Waals surface area contributed by atoms with Gasteiger partial charge in [0.1, 0.15) is 5.82 Å². The number of benzene rings is 2. The van der Waals surface area contributed by atoms with Gasteiger partial charge in [0.15, 0.2) is 11.0 Å². The highest BCUT2D eigenvalue weighted by atomic mass is 35.5. The summed E-state index contributed by atoms with van der Waals surface area (Å²) < 4.78 is 15.5. The van der Waals surface area contributed by atoms with Crippen LogP contribution in [0.1, 0.15) is 31.3 Å². The van der Waals surface area contributed by atoms with Crippen molar-refractivity contribution in [2.45, 2.75) is 31.6 Å². The largest absolute Gasteiger partial charge is 0.338 e. The molecule has 0 aliphatic heterocycles. The van der Waals surface area contributed by atoms with E-state index in [2.05, 4.69) is 10.2 Å². The van der Waals surface area contributed by atoms with Crippen molar-refractivity contribution in [3.63, 3.8) is 0 Å². The van der Waals surface area contributed by atoms with E-state index < -0.39 is 0 Å². The third kappa shape index (κ3) is 5.88. The third-order valence-electron chi connectivity index (χ3n) is 5.21. The van der Waals surface area contributed by atoms with E-state index in [1.165, 1.54) is 23.9 Å². The van der Waals surface area contributed by atoms with Gasteiger partial charge in [-0.1, -0.05) is 35.5 Å². The summed E-state index contributed by atoms with van der Waals surface area (Å²) >= 11 is 7.40. The second kappa shape index (κ2) is 10.9. The Morgan fingerprint density at radius 2 is 1.91 bits per heavy atom. The lowest BCUT2D eigenvalue weighted by Gasteiger charge is -2.22. The van der Waals surface area contributed by atoms with E-state index in [9.17, 15) is 9.18 Å². The van der Waals surface area contributed by atoms with Crippen molar-refractivity contribution in [1.82, 2.24) is 24.6 Å². The standard InChI is InChI=1S/C23H27ClFN5OS/c1-5-29(14-17-7-6-8-19(25)13-17)21(31)15-32-23-27-26-22(16(2)28(3)4)30(23)20-11-9-18(24)10-12-20/h6-13,16H,5,14-15H2,1-4H3. The van der Waals surface area contributed by atoms with Gasteiger partial charge in [0.05, 0.1) is 11.8 Å². The third-order valence-corrected chi connectivity index (χ3v) is 6.38. The van der Waals surface area contributed by atoms with Crippen LogP contribution in [0.5, 0.6) is 0 Å². The first-order valence-electron chi connectivity index (χ1n) is 10.3. The van der Waals surface area contributed by atoms with Crippen LogP contribution in [0, 0.1) is 5.82 Å². The summed E-state index contributed by atoms with van der Waals surface area (Å²) in [5.74, 6) is 0.624. The minimum absolute atomic E-state index is 0.0170. The molecule has 0 radical (unpaired) electrons. The van der Waals surface area contributed by atoms with E-state index in [4.69, 9.17) is 11.6 Å². The van der Waals surface area contributed by atoms with Gasteiger partial charge < -0.3 is 4.90 Å². The Morgan fingerprint density at radius 3 is 2.53 bits per heavy atom. The maximum atomic E-state index is 13.5. The molecule has 0 aliphatic carbocycles. The highest BCUT2D eigenvalue weighted by molar-refractivity contribution is 7.99. The monoisotopic (exact) mass is 475 g/mol. The van der Waals surface area contributed by atoms with E-state index in [0.29, 0.717) is 23.3 Å². The fraction of sp³-hybridized carbons (Fsp3) is 0.348. The van der Waals surface area contributed by atoms with Crippen molar-refractivity contribution in [1.29, 1.82) is 0 Å². The number of thioether (sulfide) groups is 1. The summed E-state index contributed by atoms with van der Waals surface area (Å²) in [5, 5.41) is 10.0. The topological polar surface area (TPSA) is 54.3 Å². The SMILES string of the molecule is CCN(Cc1cccc(F)c1)C(=O)CSc1nnc(C(C)N(C)C)n1-c1ccc(Cl)cc1. The molecule has 0 saturated carbocycles. The fourth-order valence-corrected chi connectivity index (χ4v) is 4.15. The molecule has 9 heteroatoms. The van der Waals surface area contributed by atoms with Gasteiger partial charge in [-0.3, -0.25) is 14.3 Å². The summed E-state index contributed by atoms with van der Waals surface area (Å²) in [7, 11) is 3.96. The molecule has 1 aromatic heterocycles. The lowest BCUT2D eigenvalue weighted by Crippen LogP contribution is -2.31. The van der Waals surface area contributed by atoms with E-state index in [-0.39, 0.29) is 23.5 Å². The average Bonchev–Trinajstić information content (AvgIpc) is 3.19. The van der Waals surface area contributed by atoms with Crippen molar-refractivity contribution in [2.75, 3.05) is 26.4 Å². The molecule has 1 unspecified atom stereocenters. The van der Waals surface area contributed by atoms with E-state index in [0.717, 1.165) is 17.1 Å². The fourth-order valence-electron chi connectivity index (χ4n) is 3.16. The van der Waals surface area contributed by atoms with Crippen LogP contribution >= 0.6 is 23.4 Å². The molecule has 170 valence electrons. The van der Waals surface area contributed by atoms with Crippen molar-refractivity contribution in [3.8, 4) is 5.69 Å². The van der Waals surface area contributed by atoms with Crippen LogP contribution in [0.25, 0.3) is 5.69 Å². The number of nitrogens with zero attached hydrogens (tertiary/aromatic N) is 5. The predicted octanol–water partition coefficient (Wildman–Crippen LogP) is 4.82. The van der Waals surface area contributed by atoms with Gasteiger partial charge in [-0.25, -0.2) is 4.39 Å². The van der Waals surface area contributed by atoms with Crippen LogP contribution in [0.3, 0.4) is 0 Å². The second-order valence-electron chi connectivity index (χ2n) is 7.62. The molecule has 0 fully saturated rings. The van der Waals surface area contributed by atoms with Crippen LogP contribution in [0.2, 0.25) is 5.02 Å². The molecular formula is C23H27ClFN5OS. The Kier molecular flexibility index (Phi) is 8.28. The zero-order valence-electron chi connectivity index (χ0n) is 18.6. The van der Waals surface area contributed by atoms with Gasteiger partial charge in [-0.05, 0) is 69.9 Å². The van der Waals surface area contributed by atoms with E-state index in [1.54, 1.807) is 11.0 Å². The highest BCUT2D eigenvalue weighted by Crippen LogP contribution is 2.27. The molecule has 3 aromatic rings. The van der Waals surface area contributed by atoms with Gasteiger partial charge in [0, 0.05) is 23.8 Å². The summed E-state index contributed by atoms with van der Waals surface area (Å²) in [5.41, 5.74) is 1.64. The highest BCUT2D eigenvalue weighted by Gasteiger charge is 2.22. The van der Waals surface area contributed by atoms with Crippen LogP contribution in [-0.2, 0) is 11.3 Å². The maximum absolute atomic E-state index is 13.5. The van der Waals surface area contributed by atoms with Gasteiger partial charge in [-0.15, -0.1) is 10.2 Å². The first-order chi connectivity index (χ1) is 15.3. The number of halogens is 2. The Hall–Kier alpha value is -2.42. The molecule has 32 heavy (non-hydrogen) atoms. The lowest BCUT2D eigenvalue weighted by molar-refractivity contribution is -0.128. The molecule has 1 amide bonds. The minimum Gasteiger partial charge on any atom is -0.338 e. The minimum atomic E-state index is -0.306. The zero-order chi connectivity index (χ0) is 23.3. The molecule has 0 bridgehead atoms. The van der Waals surface area contributed by atoms with Crippen LogP contribution < -0.4 is 0 Å². The molecule has 1 atom stereocenters. The van der Waals surface area contributed by atoms with Gasteiger partial charge in [0.2, 0.25) is 5.91 Å². The van der Waals surface area contributed by atoms with Crippen LogP contribution in [-0.4, -0.2) is 56.9 Å². The van der Waals surface area contributed by atoms with Crippen molar-refractivity contribution >= 4 is 29.3 Å². The normalized spacial score (nSPS) is 12.2. The summed E-state index contributed by atoms with van der Waals surface area (Å²) in [6.45, 7) is 4.85. The summed E-state index contributed by atoms with van der Waals surface area (Å²) in [4.78, 5) is 16.7. The number of hydrogen-bond acceptors (Lipinski definition) is 5. The first kappa shape index (κ1) is 24.2. The van der Waals surface area contributed by atoms with Crippen molar-refractivity contribution in [3.05, 3.63) is 70.8 Å². The average molecular weight is 476 g/mol. The van der Waals surface area contributed by atoms with E-state index in [1.807, 2.05) is 67.7 Å². The zero-order valence-corrected chi connectivity index (χ0v) is 20.2. The number of hydrogen-bond donors (Lipinski definition) is 0. The molecule has 0 aliphatic rings. The number of carbonyl (C=O) groups is 1. The molecule has 1 heterocycles. The number of aromatic nitrogens is 3. The molecule has 0 N–H and O–H groups in total.